The quantitative estimate of drug-likeness (QED) is 0.397. The number of aromatic nitrogens is 2. The Balaban J connectivity index is 1.77. The molecule has 0 aliphatic heterocycles. The van der Waals surface area contributed by atoms with Crippen LogP contribution in [0.25, 0.3) is 0 Å². The van der Waals surface area contributed by atoms with E-state index in [0.717, 1.165) is 28.0 Å². The topological polar surface area (TPSA) is 71.3 Å². The molecule has 3 aromatic rings. The molecule has 2 aromatic carbocycles. The molecule has 0 atom stereocenters. The number of nitrogens with one attached hydrogen (secondary N) is 2. The number of halogens is 2. The molecule has 30 heavy (non-hydrogen) atoms. The van der Waals surface area contributed by atoms with Crippen LogP contribution in [0.15, 0.2) is 58.0 Å². The van der Waals surface area contributed by atoms with Gasteiger partial charge in [-0.3, -0.25) is 19.8 Å². The first-order valence-electron chi connectivity index (χ1n) is 9.46. The lowest BCUT2D eigenvalue weighted by Crippen LogP contribution is -2.36. The van der Waals surface area contributed by atoms with E-state index >= 15 is 0 Å². The van der Waals surface area contributed by atoms with Gasteiger partial charge < -0.3 is 5.32 Å². The maximum absolute atomic E-state index is 12.7. The molecule has 156 valence electrons. The maximum atomic E-state index is 12.7. The first-order valence-corrected chi connectivity index (χ1v) is 10.6. The number of carbonyl (C=O) groups excluding carboxylic acids is 1. The predicted molar refractivity (Wildman–Crippen MR) is 125 cm³/mol. The minimum Gasteiger partial charge on any atom is -0.326 e. The Hall–Kier alpha value is -2.64. The van der Waals surface area contributed by atoms with Crippen LogP contribution in [0, 0.1) is 13.8 Å². The Kier molecular flexibility index (Phi) is 7.29. The largest absolute Gasteiger partial charge is 0.326 e. The highest BCUT2D eigenvalue weighted by Gasteiger charge is 2.11. The van der Waals surface area contributed by atoms with Crippen molar-refractivity contribution >= 4 is 45.1 Å². The van der Waals surface area contributed by atoms with Gasteiger partial charge in [0.05, 0.1) is 5.69 Å². The van der Waals surface area contributed by atoms with Gasteiger partial charge in [0, 0.05) is 40.0 Å². The van der Waals surface area contributed by atoms with E-state index < -0.39 is 0 Å². The summed E-state index contributed by atoms with van der Waals surface area (Å²) in [6.45, 7) is 4.55. The average Bonchev–Trinajstić information content (AvgIpc) is 2.96. The molecule has 1 aromatic heterocycles. The van der Waals surface area contributed by atoms with Crippen LogP contribution in [-0.4, -0.2) is 28.2 Å². The summed E-state index contributed by atoms with van der Waals surface area (Å²) in [5, 5.41) is 11.1. The molecule has 0 aliphatic carbocycles. The number of nitrogens with zero attached hydrogens (tertiary/aromatic N) is 3. The van der Waals surface area contributed by atoms with E-state index in [2.05, 4.69) is 36.7 Å². The molecule has 0 unspecified atom stereocenters. The molecule has 3 rings (SSSR count). The Morgan fingerprint density at radius 3 is 2.40 bits per heavy atom. The van der Waals surface area contributed by atoms with Crippen LogP contribution in [-0.2, 0) is 13.5 Å². The second-order valence-corrected chi connectivity index (χ2v) is 8.20. The van der Waals surface area contributed by atoms with Gasteiger partial charge in [-0.25, -0.2) is 0 Å². The van der Waals surface area contributed by atoms with Gasteiger partial charge in [-0.2, -0.15) is 5.10 Å². The molecule has 0 fully saturated rings. The van der Waals surface area contributed by atoms with E-state index in [1.165, 1.54) is 5.56 Å². The van der Waals surface area contributed by atoms with Crippen molar-refractivity contribution in [1.29, 1.82) is 0 Å². The van der Waals surface area contributed by atoms with Crippen LogP contribution >= 0.6 is 27.5 Å². The molecule has 0 radical (unpaired) electrons. The SMILES string of the molecule is Cc1nn(C)c(C)c1CCN=C(NC(=O)c1ccc(Cl)cc1)Nc1ccc(Br)cc1. The van der Waals surface area contributed by atoms with Crippen LogP contribution in [0.1, 0.15) is 27.3 Å². The molecule has 0 spiro atoms. The van der Waals surface area contributed by atoms with Crippen molar-refractivity contribution in [1.82, 2.24) is 15.1 Å². The summed E-state index contributed by atoms with van der Waals surface area (Å²) in [7, 11) is 1.93. The highest BCUT2D eigenvalue weighted by Crippen LogP contribution is 2.15. The molecule has 0 aliphatic rings. The lowest BCUT2D eigenvalue weighted by Gasteiger charge is -2.12. The number of guanidine groups is 1. The summed E-state index contributed by atoms with van der Waals surface area (Å²) < 4.78 is 2.84. The second-order valence-electron chi connectivity index (χ2n) is 6.85. The normalized spacial score (nSPS) is 11.4. The van der Waals surface area contributed by atoms with Gasteiger partial charge in [0.25, 0.3) is 5.91 Å². The Morgan fingerprint density at radius 1 is 1.13 bits per heavy atom. The van der Waals surface area contributed by atoms with Crippen molar-refractivity contribution in [2.75, 3.05) is 11.9 Å². The maximum Gasteiger partial charge on any atom is 0.257 e. The van der Waals surface area contributed by atoms with Crippen LogP contribution in [0.3, 0.4) is 0 Å². The zero-order chi connectivity index (χ0) is 21.7. The molecule has 1 heterocycles. The molecule has 1 amide bonds. The lowest BCUT2D eigenvalue weighted by molar-refractivity contribution is 0.0977. The van der Waals surface area contributed by atoms with Crippen molar-refractivity contribution in [3.8, 4) is 0 Å². The van der Waals surface area contributed by atoms with Crippen molar-refractivity contribution in [2.24, 2.45) is 12.0 Å². The Labute approximate surface area is 189 Å². The summed E-state index contributed by atoms with van der Waals surface area (Å²) in [4.78, 5) is 17.3. The van der Waals surface area contributed by atoms with Gasteiger partial charge in [0.2, 0.25) is 5.96 Å². The molecule has 0 saturated heterocycles. The number of benzene rings is 2. The fourth-order valence-corrected chi connectivity index (χ4v) is 3.41. The van der Waals surface area contributed by atoms with Crippen LogP contribution in [0.5, 0.6) is 0 Å². The van der Waals surface area contributed by atoms with E-state index in [9.17, 15) is 4.79 Å². The van der Waals surface area contributed by atoms with Crippen LogP contribution < -0.4 is 10.6 Å². The summed E-state index contributed by atoms with van der Waals surface area (Å²) in [6.07, 6.45) is 0.730. The van der Waals surface area contributed by atoms with Crippen molar-refractivity contribution < 1.29 is 4.79 Å². The third-order valence-corrected chi connectivity index (χ3v) is 5.52. The molecular weight excluding hydrogens is 466 g/mol. The minimum atomic E-state index is -0.260. The van der Waals surface area contributed by atoms with Gasteiger partial charge >= 0.3 is 0 Å². The highest BCUT2D eigenvalue weighted by molar-refractivity contribution is 9.10. The van der Waals surface area contributed by atoms with Gasteiger partial charge in [0.1, 0.15) is 0 Å². The molecule has 8 heteroatoms. The zero-order valence-electron chi connectivity index (χ0n) is 17.0. The summed E-state index contributed by atoms with van der Waals surface area (Å²) >= 11 is 9.34. The number of rotatable bonds is 5. The fourth-order valence-electron chi connectivity index (χ4n) is 3.02. The number of aryl methyl sites for hydroxylation is 2. The second kappa shape index (κ2) is 9.91. The molecule has 6 nitrogen and oxygen atoms in total. The van der Waals surface area contributed by atoms with E-state index in [0.29, 0.717) is 23.1 Å². The predicted octanol–water partition coefficient (Wildman–Crippen LogP) is 4.89. The summed E-state index contributed by atoms with van der Waals surface area (Å²) in [5.74, 6) is 0.125. The van der Waals surface area contributed by atoms with Gasteiger partial charge in [-0.1, -0.05) is 27.5 Å². The number of amides is 1. The Bertz CT molecular complexity index is 1060. The number of hydrogen-bond acceptors (Lipinski definition) is 3. The van der Waals surface area contributed by atoms with E-state index in [1.807, 2.05) is 49.8 Å². The summed E-state index contributed by atoms with van der Waals surface area (Å²) in [6, 6.07) is 14.4. The highest BCUT2D eigenvalue weighted by atomic mass is 79.9. The molecule has 0 bridgehead atoms. The van der Waals surface area contributed by atoms with Crippen molar-refractivity contribution in [3.63, 3.8) is 0 Å². The number of aliphatic imine (C=N–C) groups is 1. The molecule has 0 saturated carbocycles. The monoisotopic (exact) mass is 487 g/mol. The standard InChI is InChI=1S/C22H23BrClN5O/c1-14-20(15(2)29(3)28-14)12-13-25-22(26-19-10-6-17(23)7-11-19)27-21(30)16-4-8-18(24)9-5-16/h4-11H,12-13H2,1-3H3,(H2,25,26,27,30). The molecular formula is C22H23BrClN5O. The third-order valence-electron chi connectivity index (χ3n) is 4.74. The first-order chi connectivity index (χ1) is 14.3. The number of hydrogen-bond donors (Lipinski definition) is 2. The zero-order valence-corrected chi connectivity index (χ0v) is 19.4. The average molecular weight is 489 g/mol. The fraction of sp³-hybridized carbons (Fsp3) is 0.227. The first kappa shape index (κ1) is 22.1. The van der Waals surface area contributed by atoms with Gasteiger partial charge in [0.15, 0.2) is 0 Å². The van der Waals surface area contributed by atoms with Crippen LogP contribution in [0.2, 0.25) is 5.02 Å². The van der Waals surface area contributed by atoms with Crippen LogP contribution in [0.4, 0.5) is 5.69 Å². The number of carbonyl (C=O) groups is 1. The van der Waals surface area contributed by atoms with E-state index in [4.69, 9.17) is 11.6 Å². The third kappa shape index (κ3) is 5.70. The van der Waals surface area contributed by atoms with E-state index in [-0.39, 0.29) is 5.91 Å². The van der Waals surface area contributed by atoms with Crippen molar-refractivity contribution in [2.45, 2.75) is 20.3 Å². The van der Waals surface area contributed by atoms with E-state index in [1.54, 1.807) is 24.3 Å². The number of anilines is 1. The van der Waals surface area contributed by atoms with Gasteiger partial charge in [-0.15, -0.1) is 0 Å². The van der Waals surface area contributed by atoms with Crippen molar-refractivity contribution in [3.05, 3.63) is 80.5 Å². The molecule has 2 N–H and O–H groups in total. The van der Waals surface area contributed by atoms with Gasteiger partial charge in [-0.05, 0) is 74.4 Å². The summed E-state index contributed by atoms with van der Waals surface area (Å²) in [5.41, 5.74) is 4.62. The smallest absolute Gasteiger partial charge is 0.257 e. The Morgan fingerprint density at radius 2 is 1.80 bits per heavy atom. The minimum absolute atomic E-state index is 0.260. The lowest BCUT2D eigenvalue weighted by atomic mass is 10.1.